The van der Waals surface area contributed by atoms with Crippen LogP contribution in [0.3, 0.4) is 0 Å². The maximum atomic E-state index is 5.44. The van der Waals surface area contributed by atoms with Crippen molar-refractivity contribution in [1.82, 2.24) is 15.1 Å². The largest absolute Gasteiger partial charge is 0.465 e. The molecule has 80 valence electrons. The van der Waals surface area contributed by atoms with Gasteiger partial charge in [0, 0.05) is 25.4 Å². The monoisotopic (exact) mass is 205 g/mol. The van der Waals surface area contributed by atoms with Crippen molar-refractivity contribution in [2.24, 2.45) is 7.05 Å². The lowest BCUT2D eigenvalue weighted by Gasteiger charge is -1.99. The van der Waals surface area contributed by atoms with Gasteiger partial charge in [0.25, 0.3) is 0 Å². The lowest BCUT2D eigenvalue weighted by molar-refractivity contribution is 0.461. The number of rotatable bonds is 4. The minimum absolute atomic E-state index is 0.753. The fraction of sp³-hybridized carbons (Fsp3) is 0.364. The number of hydrogen-bond donors (Lipinski definition) is 1. The van der Waals surface area contributed by atoms with Crippen LogP contribution in [0.4, 0.5) is 0 Å². The van der Waals surface area contributed by atoms with Crippen molar-refractivity contribution in [1.29, 1.82) is 0 Å². The second kappa shape index (κ2) is 4.31. The van der Waals surface area contributed by atoms with Gasteiger partial charge in [-0.05, 0) is 19.1 Å². The van der Waals surface area contributed by atoms with E-state index in [9.17, 15) is 0 Å². The molecule has 2 heterocycles. The predicted octanol–water partition coefficient (Wildman–Crippen LogP) is 1.61. The Kier molecular flexibility index (Phi) is 2.87. The van der Waals surface area contributed by atoms with E-state index in [2.05, 4.69) is 10.4 Å². The van der Waals surface area contributed by atoms with Crippen molar-refractivity contribution >= 4 is 0 Å². The zero-order valence-corrected chi connectivity index (χ0v) is 9.03. The first-order valence-corrected chi connectivity index (χ1v) is 4.97. The number of aryl methyl sites for hydroxylation is 2. The molecule has 1 N–H and O–H groups in total. The van der Waals surface area contributed by atoms with Gasteiger partial charge in [0.2, 0.25) is 0 Å². The predicted molar refractivity (Wildman–Crippen MR) is 57.2 cm³/mol. The maximum absolute atomic E-state index is 5.44. The third-order valence-corrected chi connectivity index (χ3v) is 2.18. The molecule has 0 unspecified atom stereocenters. The van der Waals surface area contributed by atoms with Crippen molar-refractivity contribution in [2.75, 3.05) is 0 Å². The van der Waals surface area contributed by atoms with E-state index in [1.54, 1.807) is 4.68 Å². The van der Waals surface area contributed by atoms with Crippen LogP contribution in [0.1, 0.15) is 17.1 Å². The van der Waals surface area contributed by atoms with Gasteiger partial charge >= 0.3 is 0 Å². The van der Waals surface area contributed by atoms with Crippen LogP contribution in [-0.2, 0) is 20.1 Å². The molecule has 0 spiro atoms. The molecule has 0 amide bonds. The summed E-state index contributed by atoms with van der Waals surface area (Å²) in [6.45, 7) is 3.51. The highest BCUT2D eigenvalue weighted by Gasteiger charge is 1.99. The zero-order valence-electron chi connectivity index (χ0n) is 9.03. The summed E-state index contributed by atoms with van der Waals surface area (Å²) >= 11 is 0. The number of nitrogens with zero attached hydrogens (tertiary/aromatic N) is 2. The first-order chi connectivity index (χ1) is 7.24. The van der Waals surface area contributed by atoms with Gasteiger partial charge in [0.05, 0.1) is 12.7 Å². The highest BCUT2D eigenvalue weighted by atomic mass is 16.3. The standard InChI is InChI=1S/C11H15N3O/c1-9-3-4-11(15-9)7-12-5-10-6-13-14(2)8-10/h3-4,6,8,12H,5,7H2,1-2H3. The molecule has 4 nitrogen and oxygen atoms in total. The van der Waals surface area contributed by atoms with Crippen LogP contribution < -0.4 is 5.32 Å². The molecule has 0 radical (unpaired) electrons. The molecule has 0 bridgehead atoms. The molecular weight excluding hydrogens is 190 g/mol. The highest BCUT2D eigenvalue weighted by Crippen LogP contribution is 2.05. The Hall–Kier alpha value is -1.55. The van der Waals surface area contributed by atoms with Crippen LogP contribution in [0.5, 0.6) is 0 Å². The second-order valence-corrected chi connectivity index (χ2v) is 3.64. The molecule has 0 aromatic carbocycles. The van der Waals surface area contributed by atoms with E-state index >= 15 is 0 Å². The van der Waals surface area contributed by atoms with Crippen molar-refractivity contribution < 1.29 is 4.42 Å². The van der Waals surface area contributed by atoms with Crippen LogP contribution in [0, 0.1) is 6.92 Å². The summed E-state index contributed by atoms with van der Waals surface area (Å²) in [5.74, 6) is 1.92. The van der Waals surface area contributed by atoms with Gasteiger partial charge in [-0.25, -0.2) is 0 Å². The Morgan fingerprint density at radius 2 is 2.27 bits per heavy atom. The summed E-state index contributed by atoms with van der Waals surface area (Å²) in [5, 5.41) is 7.40. The first-order valence-electron chi connectivity index (χ1n) is 4.97. The molecule has 15 heavy (non-hydrogen) atoms. The first kappa shape index (κ1) is 9.98. The number of nitrogens with one attached hydrogen (secondary N) is 1. The molecule has 4 heteroatoms. The highest BCUT2D eigenvalue weighted by molar-refractivity contribution is 5.06. The minimum atomic E-state index is 0.753. The van der Waals surface area contributed by atoms with Crippen molar-refractivity contribution in [3.63, 3.8) is 0 Å². The summed E-state index contributed by atoms with van der Waals surface area (Å²) < 4.78 is 7.24. The molecule has 0 atom stereocenters. The van der Waals surface area contributed by atoms with Crippen molar-refractivity contribution in [3.8, 4) is 0 Å². The quantitative estimate of drug-likeness (QED) is 0.824. The lowest BCUT2D eigenvalue weighted by Crippen LogP contribution is -2.11. The fourth-order valence-electron chi connectivity index (χ4n) is 1.47. The van der Waals surface area contributed by atoms with Crippen LogP contribution in [0.25, 0.3) is 0 Å². The Balaban J connectivity index is 1.80. The topological polar surface area (TPSA) is 43.0 Å². The van der Waals surface area contributed by atoms with Gasteiger partial charge in [-0.3, -0.25) is 4.68 Å². The summed E-state index contributed by atoms with van der Waals surface area (Å²) in [4.78, 5) is 0. The lowest BCUT2D eigenvalue weighted by atomic mass is 10.3. The smallest absolute Gasteiger partial charge is 0.117 e. The van der Waals surface area contributed by atoms with E-state index < -0.39 is 0 Å². The Bertz CT molecular complexity index is 390. The van der Waals surface area contributed by atoms with Gasteiger partial charge in [-0.2, -0.15) is 5.10 Å². The van der Waals surface area contributed by atoms with Crippen LogP contribution in [0.15, 0.2) is 28.9 Å². The van der Waals surface area contributed by atoms with E-state index in [1.165, 1.54) is 5.56 Å². The average Bonchev–Trinajstić information content (AvgIpc) is 2.76. The van der Waals surface area contributed by atoms with E-state index in [4.69, 9.17) is 4.42 Å². The van der Waals surface area contributed by atoms with Gasteiger partial charge in [0.1, 0.15) is 11.5 Å². The number of hydrogen-bond acceptors (Lipinski definition) is 3. The normalized spacial score (nSPS) is 10.8. The summed E-state index contributed by atoms with van der Waals surface area (Å²) in [5.41, 5.74) is 1.18. The van der Waals surface area contributed by atoms with Crippen LogP contribution >= 0.6 is 0 Å². The summed E-state index contributed by atoms with van der Waals surface area (Å²) in [6.07, 6.45) is 3.86. The van der Waals surface area contributed by atoms with Crippen molar-refractivity contribution in [3.05, 3.63) is 41.6 Å². The molecule has 0 aliphatic heterocycles. The van der Waals surface area contributed by atoms with Crippen LogP contribution in [0.2, 0.25) is 0 Å². The maximum Gasteiger partial charge on any atom is 0.117 e. The number of furan rings is 1. The molecule has 0 saturated heterocycles. The van der Waals surface area contributed by atoms with Gasteiger partial charge in [0.15, 0.2) is 0 Å². The molecule has 2 rings (SSSR count). The average molecular weight is 205 g/mol. The minimum Gasteiger partial charge on any atom is -0.465 e. The van der Waals surface area contributed by atoms with E-state index in [0.29, 0.717) is 0 Å². The third-order valence-electron chi connectivity index (χ3n) is 2.18. The third kappa shape index (κ3) is 2.70. The Labute approximate surface area is 88.9 Å². The molecule has 2 aromatic rings. The molecule has 0 aliphatic carbocycles. The van der Waals surface area contributed by atoms with E-state index in [-0.39, 0.29) is 0 Å². The fourth-order valence-corrected chi connectivity index (χ4v) is 1.47. The van der Waals surface area contributed by atoms with E-state index in [0.717, 1.165) is 24.6 Å². The summed E-state index contributed by atoms with van der Waals surface area (Å²) in [6, 6.07) is 3.96. The molecule has 0 saturated carbocycles. The van der Waals surface area contributed by atoms with Crippen LogP contribution in [-0.4, -0.2) is 9.78 Å². The zero-order chi connectivity index (χ0) is 10.7. The SMILES string of the molecule is Cc1ccc(CNCc2cnn(C)c2)o1. The Morgan fingerprint density at radius 1 is 1.40 bits per heavy atom. The van der Waals surface area contributed by atoms with Gasteiger partial charge in [-0.15, -0.1) is 0 Å². The van der Waals surface area contributed by atoms with Gasteiger partial charge < -0.3 is 9.73 Å². The number of aromatic nitrogens is 2. The molecule has 2 aromatic heterocycles. The second-order valence-electron chi connectivity index (χ2n) is 3.64. The Morgan fingerprint density at radius 3 is 2.87 bits per heavy atom. The summed E-state index contributed by atoms with van der Waals surface area (Å²) in [7, 11) is 1.92. The van der Waals surface area contributed by atoms with Crippen molar-refractivity contribution in [2.45, 2.75) is 20.0 Å². The van der Waals surface area contributed by atoms with Gasteiger partial charge in [-0.1, -0.05) is 0 Å². The molecular formula is C11H15N3O. The molecule has 0 fully saturated rings. The van der Waals surface area contributed by atoms with E-state index in [1.807, 2.05) is 38.5 Å². The molecule has 0 aliphatic rings.